The molecule has 0 aliphatic carbocycles. The van der Waals surface area contributed by atoms with Crippen molar-refractivity contribution in [2.45, 2.75) is 6.92 Å². The molecule has 0 atom stereocenters. The number of anilines is 1. The first kappa shape index (κ1) is 20.4. The summed E-state index contributed by atoms with van der Waals surface area (Å²) in [6.45, 7) is 2.05. The number of H-pyrrole nitrogens is 1. The van der Waals surface area contributed by atoms with Crippen molar-refractivity contribution in [3.05, 3.63) is 63.7 Å². The lowest BCUT2D eigenvalue weighted by atomic mass is 10.1. The Morgan fingerprint density at radius 3 is 2.84 bits per heavy atom. The highest BCUT2D eigenvalue weighted by atomic mass is 32.1. The van der Waals surface area contributed by atoms with E-state index in [0.29, 0.717) is 17.4 Å². The molecule has 2 heterocycles. The van der Waals surface area contributed by atoms with Gasteiger partial charge in [-0.1, -0.05) is 18.2 Å². The zero-order valence-electron chi connectivity index (χ0n) is 16.7. The Balaban J connectivity index is 1.64. The molecule has 2 N–H and O–H groups in total. The summed E-state index contributed by atoms with van der Waals surface area (Å²) in [5.74, 6) is -0.229. The second-order valence-corrected chi connectivity index (χ2v) is 7.31. The van der Waals surface area contributed by atoms with Gasteiger partial charge in [0.1, 0.15) is 5.56 Å². The molecular weight excluding hydrogens is 420 g/mol. The Bertz CT molecular complexity index is 1280. The average Bonchev–Trinajstić information content (AvgIpc) is 3.40. The minimum Gasteiger partial charge on any atom is -0.493 e. The Kier molecular flexibility index (Phi) is 5.54. The average molecular weight is 438 g/mol. The Hall–Kier alpha value is -3.92. The molecule has 0 fully saturated rings. The number of nitrogens with one attached hydrogen (secondary N) is 2. The highest BCUT2D eigenvalue weighted by molar-refractivity contribution is 7.14. The number of carbonyl (C=O) groups is 1. The van der Waals surface area contributed by atoms with Crippen LogP contribution in [0, 0.1) is 10.1 Å². The lowest BCUT2D eigenvalue weighted by Gasteiger charge is -2.11. The molecular formula is C21H18N4O5S. The summed E-state index contributed by atoms with van der Waals surface area (Å²) in [5.41, 5.74) is 2.05. The molecule has 0 aliphatic rings. The summed E-state index contributed by atoms with van der Waals surface area (Å²) in [4.78, 5) is 31.4. The second kappa shape index (κ2) is 8.44. The van der Waals surface area contributed by atoms with Crippen LogP contribution in [0.15, 0.2) is 48.0 Å². The van der Waals surface area contributed by atoms with Crippen LogP contribution in [0.1, 0.15) is 17.3 Å². The monoisotopic (exact) mass is 438 g/mol. The molecule has 4 aromatic rings. The molecule has 0 spiro atoms. The van der Waals surface area contributed by atoms with Crippen LogP contribution in [0.4, 0.5) is 10.8 Å². The van der Waals surface area contributed by atoms with Gasteiger partial charge in [0.15, 0.2) is 16.6 Å². The highest BCUT2D eigenvalue weighted by Gasteiger charge is 2.25. The van der Waals surface area contributed by atoms with Gasteiger partial charge in [0.2, 0.25) is 0 Å². The normalized spacial score (nSPS) is 10.8. The van der Waals surface area contributed by atoms with Crippen LogP contribution in [0.3, 0.4) is 0 Å². The van der Waals surface area contributed by atoms with Gasteiger partial charge in [0.25, 0.3) is 11.6 Å². The fraction of sp³-hybridized carbons (Fsp3) is 0.143. The van der Waals surface area contributed by atoms with Gasteiger partial charge in [-0.2, -0.15) is 0 Å². The van der Waals surface area contributed by atoms with Gasteiger partial charge in [0, 0.05) is 34.1 Å². The number of nitro groups is 1. The van der Waals surface area contributed by atoms with Gasteiger partial charge in [-0.25, -0.2) is 4.98 Å². The molecule has 10 heteroatoms. The van der Waals surface area contributed by atoms with Crippen molar-refractivity contribution >= 4 is 39.0 Å². The van der Waals surface area contributed by atoms with Crippen molar-refractivity contribution in [3.8, 4) is 22.8 Å². The van der Waals surface area contributed by atoms with Crippen LogP contribution < -0.4 is 14.8 Å². The van der Waals surface area contributed by atoms with Crippen LogP contribution >= 0.6 is 11.3 Å². The molecule has 1 amide bonds. The van der Waals surface area contributed by atoms with Gasteiger partial charge in [0.05, 0.1) is 30.4 Å². The molecule has 2 aromatic carbocycles. The number of thiazole rings is 1. The van der Waals surface area contributed by atoms with E-state index >= 15 is 0 Å². The lowest BCUT2D eigenvalue weighted by molar-refractivity contribution is -0.385. The van der Waals surface area contributed by atoms with Crippen molar-refractivity contribution in [3.63, 3.8) is 0 Å². The van der Waals surface area contributed by atoms with Gasteiger partial charge in [-0.05, 0) is 13.0 Å². The third kappa shape index (κ3) is 3.92. The molecule has 0 saturated heterocycles. The predicted molar refractivity (Wildman–Crippen MR) is 118 cm³/mol. The van der Waals surface area contributed by atoms with Gasteiger partial charge >= 0.3 is 0 Å². The number of nitrogens with zero attached hydrogens (tertiary/aromatic N) is 2. The number of carbonyl (C=O) groups excluding carboxylic acids is 1. The first-order valence-electron chi connectivity index (χ1n) is 9.34. The maximum atomic E-state index is 12.8. The molecule has 158 valence electrons. The number of fused-ring (bicyclic) bond motifs is 1. The number of aromatic nitrogens is 2. The zero-order chi connectivity index (χ0) is 22.0. The van der Waals surface area contributed by atoms with E-state index in [0.717, 1.165) is 16.5 Å². The molecule has 0 radical (unpaired) electrons. The van der Waals surface area contributed by atoms with Crippen molar-refractivity contribution in [2.24, 2.45) is 0 Å². The molecule has 2 aromatic heterocycles. The first-order valence-corrected chi connectivity index (χ1v) is 10.2. The number of ether oxygens (including phenoxy) is 2. The van der Waals surface area contributed by atoms with Crippen LogP contribution in [-0.2, 0) is 0 Å². The number of aromatic amines is 1. The van der Waals surface area contributed by atoms with E-state index in [9.17, 15) is 14.9 Å². The van der Waals surface area contributed by atoms with Crippen LogP contribution in [0.2, 0.25) is 0 Å². The summed E-state index contributed by atoms with van der Waals surface area (Å²) in [6, 6.07) is 10.3. The Labute approximate surface area is 180 Å². The summed E-state index contributed by atoms with van der Waals surface area (Å²) in [6.07, 6.45) is 1.85. The molecule has 4 rings (SSSR count). The third-order valence-electron chi connectivity index (χ3n) is 4.61. The standard InChI is InChI=1S/C21H18N4O5S/c1-3-30-19-9-17(25(27)28)13(8-18(19)29-2)20(26)24-21-23-16(11-31-21)14-10-22-15-7-5-4-6-12(14)15/h4-11,22H,3H2,1-2H3,(H,23,24,26). The number of amides is 1. The molecule has 9 nitrogen and oxygen atoms in total. The largest absolute Gasteiger partial charge is 0.493 e. The Morgan fingerprint density at radius 1 is 1.29 bits per heavy atom. The lowest BCUT2D eigenvalue weighted by Crippen LogP contribution is -2.14. The molecule has 0 aliphatic heterocycles. The summed E-state index contributed by atoms with van der Waals surface area (Å²) >= 11 is 1.23. The smallest absolute Gasteiger partial charge is 0.286 e. The van der Waals surface area contributed by atoms with E-state index in [1.807, 2.05) is 35.8 Å². The Morgan fingerprint density at radius 2 is 2.10 bits per heavy atom. The molecule has 0 unspecified atom stereocenters. The van der Waals surface area contributed by atoms with E-state index < -0.39 is 10.8 Å². The summed E-state index contributed by atoms with van der Waals surface area (Å²) in [7, 11) is 1.40. The number of benzene rings is 2. The van der Waals surface area contributed by atoms with E-state index in [2.05, 4.69) is 15.3 Å². The molecule has 31 heavy (non-hydrogen) atoms. The van der Waals surface area contributed by atoms with Crippen LogP contribution in [-0.4, -0.2) is 34.5 Å². The van der Waals surface area contributed by atoms with Gasteiger partial charge < -0.3 is 14.5 Å². The maximum Gasteiger partial charge on any atom is 0.286 e. The van der Waals surface area contributed by atoms with E-state index in [1.54, 1.807) is 6.92 Å². The molecule has 0 bridgehead atoms. The fourth-order valence-corrected chi connectivity index (χ4v) is 3.92. The SMILES string of the molecule is CCOc1cc([N+](=O)[O-])c(C(=O)Nc2nc(-c3c[nH]c4ccccc34)cs2)cc1OC. The fourth-order valence-electron chi connectivity index (χ4n) is 3.21. The quantitative estimate of drug-likeness (QED) is 0.314. The number of methoxy groups -OCH3 is 1. The van der Waals surface area contributed by atoms with Gasteiger partial charge in [-0.3, -0.25) is 20.2 Å². The number of nitro benzene ring substituents is 1. The molecule has 0 saturated carbocycles. The van der Waals surface area contributed by atoms with Crippen LogP contribution in [0.5, 0.6) is 11.5 Å². The van der Waals surface area contributed by atoms with Gasteiger partial charge in [-0.15, -0.1) is 11.3 Å². The third-order valence-corrected chi connectivity index (χ3v) is 5.37. The number of hydrogen-bond acceptors (Lipinski definition) is 7. The first-order chi connectivity index (χ1) is 15.0. The number of rotatable bonds is 7. The van der Waals surface area contributed by atoms with E-state index in [4.69, 9.17) is 9.47 Å². The zero-order valence-corrected chi connectivity index (χ0v) is 17.5. The summed E-state index contributed by atoms with van der Waals surface area (Å²) < 4.78 is 10.6. The minimum absolute atomic E-state index is 0.144. The van der Waals surface area contributed by atoms with E-state index in [-0.39, 0.29) is 22.7 Å². The minimum atomic E-state index is -0.659. The maximum absolute atomic E-state index is 12.8. The van der Waals surface area contributed by atoms with Crippen molar-refractivity contribution in [1.82, 2.24) is 9.97 Å². The second-order valence-electron chi connectivity index (χ2n) is 6.45. The van der Waals surface area contributed by atoms with Crippen molar-refractivity contribution in [2.75, 3.05) is 19.0 Å². The number of para-hydroxylation sites is 1. The summed E-state index contributed by atoms with van der Waals surface area (Å²) in [5, 5.41) is 17.3. The van der Waals surface area contributed by atoms with Crippen LogP contribution in [0.25, 0.3) is 22.2 Å². The van der Waals surface area contributed by atoms with Crippen molar-refractivity contribution < 1.29 is 19.2 Å². The van der Waals surface area contributed by atoms with Crippen molar-refractivity contribution in [1.29, 1.82) is 0 Å². The predicted octanol–water partition coefficient (Wildman–Crippen LogP) is 4.86. The van der Waals surface area contributed by atoms with E-state index in [1.165, 1.54) is 30.6 Å². The number of hydrogen-bond donors (Lipinski definition) is 2. The highest BCUT2D eigenvalue weighted by Crippen LogP contribution is 2.36. The topological polar surface area (TPSA) is 119 Å².